The zero-order valence-electron chi connectivity index (χ0n) is 24.9. The minimum Gasteiger partial charge on any atom is -0.379 e. The van der Waals surface area contributed by atoms with Gasteiger partial charge in [0, 0.05) is 37.8 Å². The number of Topliss-reactive ketones (excluding diaryl/α,β-unsaturated/α-hetero) is 3. The summed E-state index contributed by atoms with van der Waals surface area (Å²) in [7, 11) is 0. The third-order valence-corrected chi connectivity index (χ3v) is 9.12. The average molecular weight is 581 g/mol. The lowest BCUT2D eigenvalue weighted by Crippen LogP contribution is -2.46. The fourth-order valence-electron chi connectivity index (χ4n) is 6.41. The van der Waals surface area contributed by atoms with Crippen molar-refractivity contribution in [1.29, 1.82) is 0 Å². The van der Waals surface area contributed by atoms with E-state index in [9.17, 15) is 19.2 Å². The third kappa shape index (κ3) is 7.90. The number of H-pyrrole nitrogens is 1. The number of rotatable bonds is 15. The van der Waals surface area contributed by atoms with Crippen LogP contribution in [-0.4, -0.2) is 89.2 Å². The molecule has 4 atom stereocenters. The highest BCUT2D eigenvalue weighted by atomic mass is 16.6. The lowest BCUT2D eigenvalue weighted by molar-refractivity contribution is -0.134. The first-order valence-corrected chi connectivity index (χ1v) is 15.5. The van der Waals surface area contributed by atoms with Crippen molar-refractivity contribution in [3.8, 4) is 0 Å². The Bertz CT molecular complexity index is 1270. The number of benzene rings is 1. The van der Waals surface area contributed by atoms with Gasteiger partial charge in [-0.15, -0.1) is 0 Å². The van der Waals surface area contributed by atoms with Gasteiger partial charge < -0.3 is 19.8 Å². The number of ether oxygens (including phenoxy) is 2. The van der Waals surface area contributed by atoms with Gasteiger partial charge in [-0.05, 0) is 43.4 Å². The summed E-state index contributed by atoms with van der Waals surface area (Å²) >= 11 is 0. The molecule has 1 aromatic carbocycles. The number of imidazole rings is 1. The van der Waals surface area contributed by atoms with E-state index in [1.165, 1.54) is 0 Å². The summed E-state index contributed by atoms with van der Waals surface area (Å²) in [6.07, 6.45) is 7.22. The predicted molar refractivity (Wildman–Crippen MR) is 157 cm³/mol. The molecule has 2 saturated heterocycles. The zero-order chi connectivity index (χ0) is 29.7. The van der Waals surface area contributed by atoms with E-state index in [2.05, 4.69) is 15.3 Å². The van der Waals surface area contributed by atoms with Crippen molar-refractivity contribution in [2.75, 3.05) is 39.5 Å². The molecule has 1 aromatic heterocycles. The van der Waals surface area contributed by atoms with E-state index < -0.39 is 23.5 Å². The number of amides is 1. The Balaban J connectivity index is 1.28. The van der Waals surface area contributed by atoms with Gasteiger partial charge in [-0.1, -0.05) is 38.7 Å². The van der Waals surface area contributed by atoms with Crippen molar-refractivity contribution in [2.45, 2.75) is 76.9 Å². The second kappa shape index (κ2) is 13.6. The van der Waals surface area contributed by atoms with Crippen LogP contribution in [-0.2, 0) is 35.1 Å². The molecule has 5 rings (SSSR count). The number of nitrogens with one attached hydrogen (secondary N) is 2. The molecule has 228 valence electrons. The summed E-state index contributed by atoms with van der Waals surface area (Å²) in [6.45, 7) is 6.82. The number of morpholine rings is 1. The number of carbonyl (C=O) groups is 4. The van der Waals surface area contributed by atoms with E-state index in [1.54, 1.807) is 20.2 Å². The molecule has 10 heteroatoms. The first kappa shape index (κ1) is 30.5. The molecule has 3 aliphatic rings. The van der Waals surface area contributed by atoms with Crippen LogP contribution in [0.5, 0.6) is 0 Å². The Morgan fingerprint density at radius 1 is 1.14 bits per heavy atom. The van der Waals surface area contributed by atoms with Crippen LogP contribution < -0.4 is 5.32 Å². The van der Waals surface area contributed by atoms with E-state index in [0.717, 1.165) is 42.3 Å². The molecule has 2 aliphatic heterocycles. The monoisotopic (exact) mass is 580 g/mol. The summed E-state index contributed by atoms with van der Waals surface area (Å²) in [5.74, 6) is -1.10. The number of nitrogens with zero attached hydrogens (tertiary/aromatic N) is 2. The normalized spacial score (nSPS) is 23.4. The summed E-state index contributed by atoms with van der Waals surface area (Å²) < 4.78 is 10.8. The molecule has 0 radical (unpaired) electrons. The first-order valence-electron chi connectivity index (χ1n) is 15.5. The summed E-state index contributed by atoms with van der Waals surface area (Å²) in [5.41, 5.74) is 1.74. The van der Waals surface area contributed by atoms with E-state index in [4.69, 9.17) is 9.47 Å². The molecule has 42 heavy (non-hydrogen) atoms. The quantitative estimate of drug-likeness (QED) is 0.307. The second-order valence-corrected chi connectivity index (χ2v) is 12.7. The maximum atomic E-state index is 13.9. The Hall–Kier alpha value is -2.95. The van der Waals surface area contributed by atoms with Gasteiger partial charge >= 0.3 is 0 Å². The van der Waals surface area contributed by atoms with Crippen molar-refractivity contribution >= 4 is 34.3 Å². The van der Waals surface area contributed by atoms with Crippen LogP contribution >= 0.6 is 0 Å². The van der Waals surface area contributed by atoms with Gasteiger partial charge in [0.15, 0.2) is 11.6 Å². The largest absolute Gasteiger partial charge is 0.379 e. The molecular formula is C32H44N4O6. The molecule has 0 bridgehead atoms. The zero-order valence-corrected chi connectivity index (χ0v) is 24.9. The van der Waals surface area contributed by atoms with Crippen LogP contribution in [0.4, 0.5) is 0 Å². The van der Waals surface area contributed by atoms with E-state index in [0.29, 0.717) is 51.8 Å². The van der Waals surface area contributed by atoms with Crippen molar-refractivity contribution in [2.24, 2.45) is 17.8 Å². The molecule has 1 aliphatic carbocycles. The second-order valence-electron chi connectivity index (χ2n) is 12.7. The predicted octanol–water partition coefficient (Wildman–Crippen LogP) is 3.03. The van der Waals surface area contributed by atoms with E-state index >= 15 is 0 Å². The molecular weight excluding hydrogens is 536 g/mol. The molecule has 1 amide bonds. The fraction of sp³-hybridized carbons (Fsp3) is 0.656. The number of carbonyl (C=O) groups excluding carboxylic acids is 4. The molecule has 4 unspecified atom stereocenters. The Morgan fingerprint density at radius 2 is 1.88 bits per heavy atom. The van der Waals surface area contributed by atoms with Gasteiger partial charge in [-0.25, -0.2) is 4.98 Å². The topological polar surface area (TPSA) is 134 Å². The van der Waals surface area contributed by atoms with Gasteiger partial charge in [-0.3, -0.25) is 24.1 Å². The Kier molecular flexibility index (Phi) is 9.85. The maximum Gasteiger partial charge on any atom is 0.223 e. The van der Waals surface area contributed by atoms with Crippen LogP contribution in [0.15, 0.2) is 24.5 Å². The van der Waals surface area contributed by atoms with Gasteiger partial charge in [0.05, 0.1) is 49.8 Å². The molecule has 0 spiro atoms. The molecule has 3 heterocycles. The SMILES string of the molecule is CC(CC(=O)CN1CCOCC1)C(=O)NC(Cc1ccc2nc[nH]c2c1)C(=O)CC(CC1CCCC1)C(=O)C1(C)CO1. The molecule has 2 N–H and O–H groups in total. The van der Waals surface area contributed by atoms with Crippen molar-refractivity contribution in [3.05, 3.63) is 30.1 Å². The maximum absolute atomic E-state index is 13.9. The summed E-state index contributed by atoms with van der Waals surface area (Å²) in [4.78, 5) is 62.9. The van der Waals surface area contributed by atoms with Gasteiger partial charge in [0.25, 0.3) is 0 Å². The highest BCUT2D eigenvalue weighted by molar-refractivity contribution is 5.97. The van der Waals surface area contributed by atoms with Crippen LogP contribution in [0.3, 0.4) is 0 Å². The number of epoxide rings is 1. The molecule has 10 nitrogen and oxygen atoms in total. The van der Waals surface area contributed by atoms with Gasteiger partial charge in [-0.2, -0.15) is 0 Å². The minimum atomic E-state index is -0.818. The number of fused-ring (bicyclic) bond motifs is 1. The van der Waals surface area contributed by atoms with Crippen molar-refractivity contribution < 1.29 is 28.7 Å². The van der Waals surface area contributed by atoms with Crippen LogP contribution in [0.25, 0.3) is 11.0 Å². The van der Waals surface area contributed by atoms with Crippen LogP contribution in [0, 0.1) is 17.8 Å². The summed E-state index contributed by atoms with van der Waals surface area (Å²) in [6, 6.07) is 4.91. The smallest absolute Gasteiger partial charge is 0.223 e. The van der Waals surface area contributed by atoms with Crippen LogP contribution in [0.1, 0.15) is 64.4 Å². The minimum absolute atomic E-state index is 0.00576. The first-order chi connectivity index (χ1) is 20.2. The number of ketones is 3. The standard InChI is InChI=1S/C32H44N4O6/c1-21(13-25(37)18-36-9-11-41-12-10-36)31(40)35-28(16-23-7-8-26-27(15-23)34-20-33-26)29(38)17-24(14-22-5-3-4-6-22)30(39)32(2)19-42-32/h7-8,15,20-22,24,28H,3-6,9-14,16-19H2,1-2H3,(H,33,34)(H,35,40). The highest BCUT2D eigenvalue weighted by Crippen LogP contribution is 2.37. The number of hydrogen-bond acceptors (Lipinski definition) is 8. The number of hydrogen-bond donors (Lipinski definition) is 2. The Morgan fingerprint density at radius 3 is 2.60 bits per heavy atom. The number of aromatic nitrogens is 2. The summed E-state index contributed by atoms with van der Waals surface area (Å²) in [5, 5.41) is 2.97. The third-order valence-electron chi connectivity index (χ3n) is 9.12. The van der Waals surface area contributed by atoms with Gasteiger partial charge in [0.1, 0.15) is 11.4 Å². The van der Waals surface area contributed by atoms with Gasteiger partial charge in [0.2, 0.25) is 5.91 Å². The van der Waals surface area contributed by atoms with E-state index in [1.807, 2.05) is 23.1 Å². The average Bonchev–Trinajstić information content (AvgIpc) is 3.32. The molecule has 3 fully saturated rings. The lowest BCUT2D eigenvalue weighted by Gasteiger charge is -2.26. The fourth-order valence-corrected chi connectivity index (χ4v) is 6.41. The van der Waals surface area contributed by atoms with Crippen molar-refractivity contribution in [1.82, 2.24) is 20.2 Å². The molecule has 2 aromatic rings. The molecule has 1 saturated carbocycles. The lowest BCUT2D eigenvalue weighted by atomic mass is 9.81. The highest BCUT2D eigenvalue weighted by Gasteiger charge is 2.50. The van der Waals surface area contributed by atoms with Crippen molar-refractivity contribution in [3.63, 3.8) is 0 Å². The van der Waals surface area contributed by atoms with Crippen LogP contribution in [0.2, 0.25) is 0 Å². The van der Waals surface area contributed by atoms with E-state index in [-0.39, 0.29) is 42.5 Å². The number of aromatic amines is 1. The Labute approximate surface area is 247 Å².